The molecule has 1 heterocycles. The third kappa shape index (κ3) is 4.09. The molecule has 0 aromatic heterocycles. The van der Waals surface area contributed by atoms with Gasteiger partial charge in [0, 0.05) is 24.5 Å². The highest BCUT2D eigenvalue weighted by Crippen LogP contribution is 2.28. The fraction of sp³-hybridized carbons (Fsp3) is 0.0952. The molecule has 4 N–H and O–H groups in total. The first kappa shape index (κ1) is 18.9. The van der Waals surface area contributed by atoms with Crippen molar-refractivity contribution >= 4 is 17.8 Å². The monoisotopic (exact) mass is 378 g/mol. The summed E-state index contributed by atoms with van der Waals surface area (Å²) < 4.78 is 0. The number of nitrogens with zero attached hydrogens (tertiary/aromatic N) is 1. The van der Waals surface area contributed by atoms with Gasteiger partial charge in [0.2, 0.25) is 5.91 Å². The second kappa shape index (κ2) is 7.79. The lowest BCUT2D eigenvalue weighted by atomic mass is 9.96. The van der Waals surface area contributed by atoms with Gasteiger partial charge in [0.05, 0.1) is 11.1 Å². The summed E-state index contributed by atoms with van der Waals surface area (Å²) in [5.74, 6) is -2.56. The third-order valence-electron chi connectivity index (χ3n) is 4.42. The Kier molecular flexibility index (Phi) is 5.26. The molecule has 0 unspecified atom stereocenters. The van der Waals surface area contributed by atoms with Crippen molar-refractivity contribution in [2.45, 2.75) is 13.0 Å². The molecule has 1 aliphatic heterocycles. The maximum absolute atomic E-state index is 11.4. The van der Waals surface area contributed by atoms with Gasteiger partial charge in [0.1, 0.15) is 0 Å². The van der Waals surface area contributed by atoms with E-state index in [0.29, 0.717) is 18.5 Å². The number of carboxylic acid groups (broad SMARTS) is 2. The van der Waals surface area contributed by atoms with Gasteiger partial charge in [-0.05, 0) is 47.4 Å². The molecule has 2 aromatic rings. The van der Waals surface area contributed by atoms with Crippen molar-refractivity contribution in [1.82, 2.24) is 4.90 Å². The molecular weight excluding hydrogens is 360 g/mol. The van der Waals surface area contributed by atoms with Crippen LogP contribution in [0.5, 0.6) is 0 Å². The van der Waals surface area contributed by atoms with Gasteiger partial charge in [0.15, 0.2) is 0 Å². The smallest absolute Gasteiger partial charge is 0.335 e. The fourth-order valence-electron chi connectivity index (χ4n) is 3.00. The predicted octanol–water partition coefficient (Wildman–Crippen LogP) is 2.84. The summed E-state index contributed by atoms with van der Waals surface area (Å²) in [4.78, 5) is 35.7. The van der Waals surface area contributed by atoms with Crippen LogP contribution in [0.4, 0.5) is 0 Å². The van der Waals surface area contributed by atoms with Crippen molar-refractivity contribution in [3.8, 4) is 11.1 Å². The van der Waals surface area contributed by atoms with E-state index in [4.69, 9.17) is 10.8 Å². The van der Waals surface area contributed by atoms with Crippen molar-refractivity contribution in [2.24, 2.45) is 5.73 Å². The number of amides is 1. The second-order valence-electron chi connectivity index (χ2n) is 6.34. The maximum Gasteiger partial charge on any atom is 0.335 e. The average molecular weight is 378 g/mol. The average Bonchev–Trinajstić information content (AvgIpc) is 2.68. The van der Waals surface area contributed by atoms with Gasteiger partial charge in [-0.3, -0.25) is 4.79 Å². The fourth-order valence-corrected chi connectivity index (χ4v) is 3.00. The van der Waals surface area contributed by atoms with Crippen LogP contribution in [-0.4, -0.2) is 33.0 Å². The summed E-state index contributed by atoms with van der Waals surface area (Å²) >= 11 is 0. The van der Waals surface area contributed by atoms with Gasteiger partial charge >= 0.3 is 11.9 Å². The summed E-state index contributed by atoms with van der Waals surface area (Å²) in [6.45, 7) is 0.324. The zero-order valence-electron chi connectivity index (χ0n) is 14.8. The minimum Gasteiger partial charge on any atom is -0.478 e. The Morgan fingerprint density at radius 2 is 1.61 bits per heavy atom. The minimum absolute atomic E-state index is 0.140. The summed E-state index contributed by atoms with van der Waals surface area (Å²) in [5, 5.41) is 18.4. The number of carbonyl (C=O) groups excluding carboxylic acids is 1. The number of hydrogen-bond donors (Lipinski definition) is 3. The van der Waals surface area contributed by atoms with Crippen molar-refractivity contribution in [1.29, 1.82) is 0 Å². The molecule has 0 aliphatic carbocycles. The Labute approximate surface area is 161 Å². The zero-order valence-corrected chi connectivity index (χ0v) is 14.8. The van der Waals surface area contributed by atoms with E-state index in [-0.39, 0.29) is 11.1 Å². The van der Waals surface area contributed by atoms with Crippen molar-refractivity contribution in [3.05, 3.63) is 83.2 Å². The zero-order chi connectivity index (χ0) is 20.3. The number of hydrogen-bond acceptors (Lipinski definition) is 4. The highest BCUT2D eigenvalue weighted by atomic mass is 16.4. The topological polar surface area (TPSA) is 121 Å². The molecule has 142 valence electrons. The van der Waals surface area contributed by atoms with Gasteiger partial charge in [-0.15, -0.1) is 0 Å². The number of carboxylic acids is 2. The summed E-state index contributed by atoms with van der Waals surface area (Å²) in [7, 11) is 0. The van der Waals surface area contributed by atoms with Crippen LogP contribution in [0, 0.1) is 0 Å². The molecule has 2 aromatic carbocycles. The quantitative estimate of drug-likeness (QED) is 0.711. The molecule has 0 saturated heterocycles. The lowest BCUT2D eigenvalue weighted by molar-refractivity contribution is -0.114. The number of carbonyl (C=O) groups is 3. The summed E-state index contributed by atoms with van der Waals surface area (Å²) in [6.07, 6.45) is 5.71. The van der Waals surface area contributed by atoms with Gasteiger partial charge in [-0.25, -0.2) is 9.59 Å². The van der Waals surface area contributed by atoms with E-state index in [1.807, 2.05) is 6.08 Å². The number of allylic oxidation sites excluding steroid dienone is 1. The molecule has 0 bridgehead atoms. The SMILES string of the molecule is NC(=O)C1=CN(Cc2cc(C(=O)O)ccc2-c2ccc(C(=O)O)cc2)C=CC1. The molecule has 1 amide bonds. The van der Waals surface area contributed by atoms with Gasteiger partial charge in [-0.1, -0.05) is 24.3 Å². The molecule has 7 heteroatoms. The second-order valence-corrected chi connectivity index (χ2v) is 6.34. The Balaban J connectivity index is 2.00. The first-order valence-electron chi connectivity index (χ1n) is 8.48. The molecule has 0 saturated carbocycles. The molecule has 3 rings (SSSR count). The Hall–Kier alpha value is -3.87. The first-order chi connectivity index (χ1) is 13.3. The van der Waals surface area contributed by atoms with Crippen LogP contribution >= 0.6 is 0 Å². The molecule has 0 radical (unpaired) electrons. The van der Waals surface area contributed by atoms with E-state index >= 15 is 0 Å². The number of benzene rings is 2. The van der Waals surface area contributed by atoms with E-state index in [1.54, 1.807) is 41.6 Å². The van der Waals surface area contributed by atoms with E-state index < -0.39 is 17.8 Å². The Bertz CT molecular complexity index is 1010. The molecule has 0 atom stereocenters. The van der Waals surface area contributed by atoms with Crippen molar-refractivity contribution in [3.63, 3.8) is 0 Å². The van der Waals surface area contributed by atoms with Crippen LogP contribution in [0.2, 0.25) is 0 Å². The standard InChI is InChI=1S/C21H18N2O5/c22-19(24)16-2-1-9-23(11-16)12-17-10-15(21(27)28)7-8-18(17)13-3-5-14(6-4-13)20(25)26/h1,3-11H,2,12H2,(H2,22,24)(H,25,26)(H,27,28). The van der Waals surface area contributed by atoms with Crippen molar-refractivity contribution in [2.75, 3.05) is 0 Å². The van der Waals surface area contributed by atoms with Crippen LogP contribution in [0.25, 0.3) is 11.1 Å². The molecular formula is C21H18N2O5. The van der Waals surface area contributed by atoms with Gasteiger partial charge < -0.3 is 20.8 Å². The summed E-state index contributed by atoms with van der Waals surface area (Å²) in [5.41, 5.74) is 8.37. The van der Waals surface area contributed by atoms with E-state index in [2.05, 4.69) is 0 Å². The van der Waals surface area contributed by atoms with Gasteiger partial charge in [-0.2, -0.15) is 0 Å². The summed E-state index contributed by atoms with van der Waals surface area (Å²) in [6, 6.07) is 11.1. The van der Waals surface area contributed by atoms with E-state index in [1.165, 1.54) is 18.2 Å². The minimum atomic E-state index is -1.04. The van der Waals surface area contributed by atoms with E-state index in [9.17, 15) is 19.5 Å². The molecule has 1 aliphatic rings. The third-order valence-corrected chi connectivity index (χ3v) is 4.42. The Morgan fingerprint density at radius 3 is 2.21 bits per heavy atom. The number of primary amides is 1. The Morgan fingerprint density at radius 1 is 0.964 bits per heavy atom. The number of aromatic carboxylic acids is 2. The highest BCUT2D eigenvalue weighted by molar-refractivity contribution is 5.92. The van der Waals surface area contributed by atoms with Crippen LogP contribution in [0.1, 0.15) is 32.7 Å². The molecule has 7 nitrogen and oxygen atoms in total. The van der Waals surface area contributed by atoms with Crippen LogP contribution in [0.3, 0.4) is 0 Å². The molecule has 0 spiro atoms. The predicted molar refractivity (Wildman–Crippen MR) is 102 cm³/mol. The highest BCUT2D eigenvalue weighted by Gasteiger charge is 2.15. The largest absolute Gasteiger partial charge is 0.478 e. The first-order valence-corrected chi connectivity index (χ1v) is 8.48. The lowest BCUT2D eigenvalue weighted by Gasteiger charge is -2.22. The molecule has 0 fully saturated rings. The number of nitrogens with two attached hydrogens (primary N) is 1. The normalized spacial score (nSPS) is 13.1. The van der Waals surface area contributed by atoms with E-state index in [0.717, 1.165) is 16.7 Å². The van der Waals surface area contributed by atoms with Crippen LogP contribution in [-0.2, 0) is 11.3 Å². The number of rotatable bonds is 6. The van der Waals surface area contributed by atoms with Crippen LogP contribution < -0.4 is 5.73 Å². The van der Waals surface area contributed by atoms with Crippen LogP contribution in [0.15, 0.2) is 66.5 Å². The van der Waals surface area contributed by atoms with Gasteiger partial charge in [0.25, 0.3) is 0 Å². The van der Waals surface area contributed by atoms with Crippen molar-refractivity contribution < 1.29 is 24.6 Å². The lowest BCUT2D eigenvalue weighted by Crippen LogP contribution is -2.21. The molecule has 28 heavy (non-hydrogen) atoms. The maximum atomic E-state index is 11.4.